The van der Waals surface area contributed by atoms with Crippen molar-refractivity contribution in [1.29, 1.82) is 0 Å². The maximum Gasteiger partial charge on any atom is 0.161 e. The van der Waals surface area contributed by atoms with Crippen LogP contribution in [0, 0.1) is 0 Å². The maximum atomic E-state index is 10.8. The van der Waals surface area contributed by atoms with E-state index in [0.717, 1.165) is 0 Å². The van der Waals surface area contributed by atoms with Crippen molar-refractivity contribution >= 4 is 6.29 Å². The zero-order chi connectivity index (χ0) is 11.1. The standard InChI is InChI=1S/C11H12O4/c1-15-10-4-7(6-12)8(5-9(10)13)11(14)2-3-11/h4-6,13-14H,2-3H2,1H3. The van der Waals surface area contributed by atoms with Gasteiger partial charge in [0.25, 0.3) is 0 Å². The fourth-order valence-corrected chi connectivity index (χ4v) is 1.64. The zero-order valence-electron chi connectivity index (χ0n) is 8.36. The Morgan fingerprint density at radius 2 is 2.13 bits per heavy atom. The number of phenols is 1. The van der Waals surface area contributed by atoms with Gasteiger partial charge in [0, 0.05) is 5.56 Å². The fraction of sp³-hybridized carbons (Fsp3) is 0.364. The highest BCUT2D eigenvalue weighted by molar-refractivity contribution is 5.80. The predicted octanol–water partition coefficient (Wildman–Crippen LogP) is 1.19. The topological polar surface area (TPSA) is 66.8 Å². The van der Waals surface area contributed by atoms with Gasteiger partial charge < -0.3 is 14.9 Å². The summed E-state index contributed by atoms with van der Waals surface area (Å²) >= 11 is 0. The Morgan fingerprint density at radius 3 is 2.60 bits per heavy atom. The number of phenolic OH excluding ortho intramolecular Hbond substituents is 1. The Balaban J connectivity index is 2.54. The summed E-state index contributed by atoms with van der Waals surface area (Å²) in [6.07, 6.45) is 1.91. The van der Waals surface area contributed by atoms with Crippen LogP contribution in [0.25, 0.3) is 0 Å². The van der Waals surface area contributed by atoms with E-state index in [2.05, 4.69) is 0 Å². The number of hydrogen-bond donors (Lipinski definition) is 2. The van der Waals surface area contributed by atoms with Crippen LogP contribution in [0.3, 0.4) is 0 Å². The number of aliphatic hydroxyl groups is 1. The van der Waals surface area contributed by atoms with E-state index in [1.54, 1.807) is 0 Å². The Hall–Kier alpha value is -1.55. The molecule has 15 heavy (non-hydrogen) atoms. The highest BCUT2D eigenvalue weighted by Crippen LogP contribution is 2.48. The molecular weight excluding hydrogens is 196 g/mol. The fourth-order valence-electron chi connectivity index (χ4n) is 1.64. The molecule has 0 aliphatic heterocycles. The molecule has 4 nitrogen and oxygen atoms in total. The molecule has 0 aromatic heterocycles. The van der Waals surface area contributed by atoms with Crippen molar-refractivity contribution in [3.63, 3.8) is 0 Å². The molecule has 0 amide bonds. The Labute approximate surface area is 87.1 Å². The summed E-state index contributed by atoms with van der Waals surface area (Å²) in [5.74, 6) is 0.184. The van der Waals surface area contributed by atoms with Gasteiger partial charge in [-0.1, -0.05) is 0 Å². The van der Waals surface area contributed by atoms with Crippen LogP contribution in [0.5, 0.6) is 11.5 Å². The minimum absolute atomic E-state index is 0.0570. The molecule has 80 valence electrons. The lowest BCUT2D eigenvalue weighted by Crippen LogP contribution is -2.08. The quantitative estimate of drug-likeness (QED) is 0.732. The molecule has 1 aliphatic rings. The average molecular weight is 208 g/mol. The molecular formula is C11H12O4. The third-order valence-corrected chi connectivity index (χ3v) is 2.70. The van der Waals surface area contributed by atoms with Gasteiger partial charge in [-0.2, -0.15) is 0 Å². The van der Waals surface area contributed by atoms with E-state index in [-0.39, 0.29) is 11.5 Å². The predicted molar refractivity (Wildman–Crippen MR) is 53.2 cm³/mol. The molecule has 0 atom stereocenters. The SMILES string of the molecule is COc1cc(C=O)c(C2(O)CC2)cc1O. The number of benzene rings is 1. The van der Waals surface area contributed by atoms with E-state index in [1.807, 2.05) is 0 Å². The van der Waals surface area contributed by atoms with Crippen LogP contribution in [0.2, 0.25) is 0 Å². The minimum Gasteiger partial charge on any atom is -0.504 e. The summed E-state index contributed by atoms with van der Waals surface area (Å²) in [5, 5.41) is 19.4. The number of aldehydes is 1. The van der Waals surface area contributed by atoms with Crippen LogP contribution in [0.4, 0.5) is 0 Å². The molecule has 0 heterocycles. The number of aromatic hydroxyl groups is 1. The van der Waals surface area contributed by atoms with Crippen LogP contribution >= 0.6 is 0 Å². The normalized spacial score (nSPS) is 17.2. The van der Waals surface area contributed by atoms with Crippen molar-refractivity contribution in [3.8, 4) is 11.5 Å². The summed E-state index contributed by atoms with van der Waals surface area (Å²) in [6.45, 7) is 0. The molecule has 0 saturated heterocycles. The third kappa shape index (κ3) is 1.57. The van der Waals surface area contributed by atoms with Crippen molar-refractivity contribution in [2.75, 3.05) is 7.11 Å². The Morgan fingerprint density at radius 1 is 1.47 bits per heavy atom. The highest BCUT2D eigenvalue weighted by Gasteiger charge is 2.44. The summed E-state index contributed by atoms with van der Waals surface area (Å²) in [7, 11) is 1.41. The number of carbonyl (C=O) groups is 1. The second-order valence-electron chi connectivity index (χ2n) is 3.76. The van der Waals surface area contributed by atoms with Gasteiger partial charge in [0.15, 0.2) is 17.8 Å². The van der Waals surface area contributed by atoms with Crippen LogP contribution in [0.1, 0.15) is 28.8 Å². The van der Waals surface area contributed by atoms with Crippen molar-refractivity contribution < 1.29 is 19.7 Å². The lowest BCUT2D eigenvalue weighted by molar-refractivity contribution is 0.110. The molecule has 4 heteroatoms. The smallest absolute Gasteiger partial charge is 0.161 e. The molecule has 1 aromatic rings. The molecule has 2 N–H and O–H groups in total. The van der Waals surface area contributed by atoms with E-state index in [0.29, 0.717) is 30.3 Å². The van der Waals surface area contributed by atoms with Gasteiger partial charge in [0.05, 0.1) is 12.7 Å². The lowest BCUT2D eigenvalue weighted by Gasteiger charge is -2.13. The molecule has 1 saturated carbocycles. The summed E-state index contributed by atoms with van der Waals surface area (Å²) in [5.41, 5.74) is -0.0829. The van der Waals surface area contributed by atoms with E-state index >= 15 is 0 Å². The molecule has 1 aromatic carbocycles. The Kier molecular flexibility index (Phi) is 2.16. The van der Waals surface area contributed by atoms with E-state index in [1.165, 1.54) is 19.2 Å². The minimum atomic E-state index is -0.931. The summed E-state index contributed by atoms with van der Waals surface area (Å²) < 4.78 is 4.89. The van der Waals surface area contributed by atoms with E-state index in [4.69, 9.17) is 4.74 Å². The molecule has 0 spiro atoms. The van der Waals surface area contributed by atoms with E-state index in [9.17, 15) is 15.0 Å². The number of rotatable bonds is 3. The number of hydrogen-bond acceptors (Lipinski definition) is 4. The molecule has 0 bridgehead atoms. The summed E-state index contributed by atoms with van der Waals surface area (Å²) in [4.78, 5) is 10.8. The van der Waals surface area contributed by atoms with Gasteiger partial charge in [-0.25, -0.2) is 0 Å². The first kappa shape index (κ1) is 9.98. The largest absolute Gasteiger partial charge is 0.504 e. The Bertz CT molecular complexity index is 407. The molecule has 0 radical (unpaired) electrons. The van der Waals surface area contributed by atoms with Gasteiger partial charge in [-0.15, -0.1) is 0 Å². The van der Waals surface area contributed by atoms with Gasteiger partial charge >= 0.3 is 0 Å². The number of ether oxygens (including phenoxy) is 1. The maximum absolute atomic E-state index is 10.8. The molecule has 1 fully saturated rings. The van der Waals surface area contributed by atoms with Crippen LogP contribution < -0.4 is 4.74 Å². The van der Waals surface area contributed by atoms with Gasteiger partial charge in [-0.3, -0.25) is 4.79 Å². The number of carbonyl (C=O) groups excluding carboxylic acids is 1. The van der Waals surface area contributed by atoms with Crippen molar-refractivity contribution in [3.05, 3.63) is 23.3 Å². The molecule has 2 rings (SSSR count). The summed E-state index contributed by atoms with van der Waals surface area (Å²) in [6, 6.07) is 2.84. The van der Waals surface area contributed by atoms with Crippen molar-refractivity contribution in [2.45, 2.75) is 18.4 Å². The molecule has 1 aliphatic carbocycles. The monoisotopic (exact) mass is 208 g/mol. The first-order chi connectivity index (χ1) is 7.10. The van der Waals surface area contributed by atoms with Crippen LogP contribution in [-0.4, -0.2) is 23.6 Å². The second-order valence-corrected chi connectivity index (χ2v) is 3.76. The average Bonchev–Trinajstić information content (AvgIpc) is 2.97. The van der Waals surface area contributed by atoms with Gasteiger partial charge in [0.1, 0.15) is 0 Å². The first-order valence-electron chi connectivity index (χ1n) is 4.70. The van der Waals surface area contributed by atoms with Gasteiger partial charge in [-0.05, 0) is 30.5 Å². The van der Waals surface area contributed by atoms with Crippen molar-refractivity contribution in [1.82, 2.24) is 0 Å². The first-order valence-corrected chi connectivity index (χ1v) is 4.70. The van der Waals surface area contributed by atoms with Crippen molar-refractivity contribution in [2.24, 2.45) is 0 Å². The second kappa shape index (κ2) is 3.24. The molecule has 0 unspecified atom stereocenters. The number of methoxy groups -OCH3 is 1. The van der Waals surface area contributed by atoms with Crippen LogP contribution in [-0.2, 0) is 5.60 Å². The highest BCUT2D eigenvalue weighted by atomic mass is 16.5. The van der Waals surface area contributed by atoms with Gasteiger partial charge in [0.2, 0.25) is 0 Å². The lowest BCUT2D eigenvalue weighted by atomic mass is 10.0. The third-order valence-electron chi connectivity index (χ3n) is 2.70. The zero-order valence-corrected chi connectivity index (χ0v) is 8.36. The van der Waals surface area contributed by atoms with E-state index < -0.39 is 5.60 Å². The van der Waals surface area contributed by atoms with Crippen LogP contribution in [0.15, 0.2) is 12.1 Å².